The second-order valence-electron chi connectivity index (χ2n) is 9.59. The number of likely N-dealkylation sites (N-methyl/N-ethyl adjacent to an activating group) is 1. The number of nitrogens with zero attached hydrogens (tertiary/aromatic N) is 3. The van der Waals surface area contributed by atoms with Gasteiger partial charge < -0.3 is 19.6 Å². The summed E-state index contributed by atoms with van der Waals surface area (Å²) in [5.41, 5.74) is 1.40. The summed E-state index contributed by atoms with van der Waals surface area (Å²) < 4.78 is 45.0. The molecular formula is C26H34F3N3O3. The lowest BCUT2D eigenvalue weighted by Crippen LogP contribution is -2.49. The van der Waals surface area contributed by atoms with Crippen LogP contribution in [0, 0.1) is 5.92 Å². The van der Waals surface area contributed by atoms with Crippen molar-refractivity contribution in [3.05, 3.63) is 59.2 Å². The van der Waals surface area contributed by atoms with Crippen LogP contribution in [0.1, 0.15) is 35.3 Å². The van der Waals surface area contributed by atoms with Crippen molar-refractivity contribution < 1.29 is 27.8 Å². The molecule has 0 spiro atoms. The second kappa shape index (κ2) is 10.9. The van der Waals surface area contributed by atoms with E-state index in [4.69, 9.17) is 4.74 Å². The molecule has 0 saturated heterocycles. The minimum Gasteiger partial charge on any atom is -0.488 e. The number of hydrogen-bond donors (Lipinski definition) is 1. The van der Waals surface area contributed by atoms with Crippen molar-refractivity contribution in [3.8, 4) is 5.75 Å². The molecule has 0 radical (unpaired) electrons. The zero-order chi connectivity index (χ0) is 25.9. The quantitative estimate of drug-likeness (QED) is 0.629. The van der Waals surface area contributed by atoms with Crippen molar-refractivity contribution in [3.63, 3.8) is 0 Å². The molecule has 1 N–H and O–H groups in total. The summed E-state index contributed by atoms with van der Waals surface area (Å²) in [6.45, 7) is 5.03. The van der Waals surface area contributed by atoms with Gasteiger partial charge >= 0.3 is 6.18 Å². The maximum absolute atomic E-state index is 13.4. The third-order valence-electron chi connectivity index (χ3n) is 6.39. The van der Waals surface area contributed by atoms with Crippen LogP contribution in [-0.2, 0) is 12.7 Å². The molecule has 0 aliphatic carbocycles. The molecule has 9 heteroatoms. The number of fused-ring (bicyclic) bond motifs is 1. The summed E-state index contributed by atoms with van der Waals surface area (Å²) in [6.07, 6.45) is -4.64. The Morgan fingerprint density at radius 3 is 2.37 bits per heavy atom. The Bertz CT molecular complexity index is 1010. The first-order valence-electron chi connectivity index (χ1n) is 11.6. The average Bonchev–Trinajstić information content (AvgIpc) is 2.80. The van der Waals surface area contributed by atoms with Crippen molar-refractivity contribution in [2.45, 2.75) is 38.7 Å². The summed E-state index contributed by atoms with van der Waals surface area (Å²) in [6, 6.07) is 10.3. The van der Waals surface area contributed by atoms with E-state index in [1.165, 1.54) is 12.1 Å². The van der Waals surface area contributed by atoms with Gasteiger partial charge in [0.15, 0.2) is 0 Å². The van der Waals surface area contributed by atoms with Gasteiger partial charge in [-0.15, -0.1) is 0 Å². The lowest BCUT2D eigenvalue weighted by atomic mass is 9.99. The van der Waals surface area contributed by atoms with Crippen LogP contribution < -0.4 is 9.64 Å². The molecule has 35 heavy (non-hydrogen) atoms. The number of carbonyl (C=O) groups is 1. The average molecular weight is 494 g/mol. The van der Waals surface area contributed by atoms with Crippen LogP contribution in [0.3, 0.4) is 0 Å². The molecule has 2 aromatic rings. The highest BCUT2D eigenvalue weighted by Gasteiger charge is 2.34. The smallest absolute Gasteiger partial charge is 0.416 e. The van der Waals surface area contributed by atoms with Gasteiger partial charge in [-0.1, -0.05) is 19.1 Å². The first-order valence-corrected chi connectivity index (χ1v) is 11.6. The molecule has 0 aromatic heterocycles. The Kier molecular flexibility index (Phi) is 8.33. The lowest BCUT2D eigenvalue weighted by molar-refractivity contribution is -0.137. The molecule has 1 heterocycles. The minimum atomic E-state index is -4.36. The van der Waals surface area contributed by atoms with Gasteiger partial charge in [0.1, 0.15) is 11.9 Å². The number of rotatable bonds is 7. The Morgan fingerprint density at radius 1 is 1.14 bits per heavy atom. The maximum atomic E-state index is 13.4. The summed E-state index contributed by atoms with van der Waals surface area (Å²) >= 11 is 0. The van der Waals surface area contributed by atoms with E-state index in [1.807, 2.05) is 50.9 Å². The third kappa shape index (κ3) is 6.46. The summed E-state index contributed by atoms with van der Waals surface area (Å²) in [5, 5.41) is 9.78. The molecule has 3 rings (SSSR count). The van der Waals surface area contributed by atoms with E-state index in [-0.39, 0.29) is 30.6 Å². The number of amides is 1. The zero-order valence-corrected chi connectivity index (χ0v) is 20.8. The fourth-order valence-electron chi connectivity index (χ4n) is 4.19. The van der Waals surface area contributed by atoms with Crippen LogP contribution >= 0.6 is 0 Å². The van der Waals surface area contributed by atoms with Gasteiger partial charge in [-0.05, 0) is 49.9 Å². The molecule has 1 aliphatic rings. The van der Waals surface area contributed by atoms with E-state index in [9.17, 15) is 23.1 Å². The molecular weight excluding hydrogens is 459 g/mol. The zero-order valence-electron chi connectivity index (χ0n) is 20.8. The van der Waals surface area contributed by atoms with E-state index < -0.39 is 11.7 Å². The fraction of sp³-hybridized carbons (Fsp3) is 0.500. The Balaban J connectivity index is 1.83. The Hall–Kier alpha value is -2.78. The second-order valence-corrected chi connectivity index (χ2v) is 9.59. The first kappa shape index (κ1) is 26.8. The normalized spacial score (nSPS) is 19.6. The topological polar surface area (TPSA) is 56.3 Å². The molecule has 0 bridgehead atoms. The molecule has 0 saturated carbocycles. The van der Waals surface area contributed by atoms with Crippen molar-refractivity contribution in [2.24, 2.45) is 5.92 Å². The van der Waals surface area contributed by atoms with Crippen LogP contribution in [0.25, 0.3) is 0 Å². The fourth-order valence-corrected chi connectivity index (χ4v) is 4.19. The SMILES string of the molecule is C[C@H]1CN([C@@H](C)CO)C(=O)c2cc(N(C)C)ccc2O[C@@H]1CN(C)Cc1ccc(C(F)(F)F)cc1. The van der Waals surface area contributed by atoms with Gasteiger partial charge in [0.25, 0.3) is 5.91 Å². The van der Waals surface area contributed by atoms with Crippen LogP contribution in [0.15, 0.2) is 42.5 Å². The number of aliphatic hydroxyl groups is 1. The highest BCUT2D eigenvalue weighted by Crippen LogP contribution is 2.32. The van der Waals surface area contributed by atoms with E-state index in [2.05, 4.69) is 0 Å². The van der Waals surface area contributed by atoms with Crippen LogP contribution in [-0.4, -0.2) is 73.8 Å². The molecule has 0 fully saturated rings. The lowest BCUT2D eigenvalue weighted by Gasteiger charge is -2.38. The minimum absolute atomic E-state index is 0.0512. The molecule has 3 atom stereocenters. The number of hydrogen-bond acceptors (Lipinski definition) is 5. The van der Waals surface area contributed by atoms with Crippen LogP contribution in [0.2, 0.25) is 0 Å². The monoisotopic (exact) mass is 493 g/mol. The van der Waals surface area contributed by atoms with Gasteiger partial charge in [-0.3, -0.25) is 9.69 Å². The largest absolute Gasteiger partial charge is 0.488 e. The first-order chi connectivity index (χ1) is 16.4. The van der Waals surface area contributed by atoms with E-state index in [0.29, 0.717) is 30.9 Å². The van der Waals surface area contributed by atoms with E-state index in [0.717, 1.165) is 23.4 Å². The number of halogens is 3. The highest BCUT2D eigenvalue weighted by atomic mass is 19.4. The van der Waals surface area contributed by atoms with Crippen LogP contribution in [0.5, 0.6) is 5.75 Å². The third-order valence-corrected chi connectivity index (χ3v) is 6.39. The number of alkyl halides is 3. The Morgan fingerprint density at radius 2 is 1.80 bits per heavy atom. The van der Waals surface area contributed by atoms with E-state index >= 15 is 0 Å². The van der Waals surface area contributed by atoms with Gasteiger partial charge in [0.2, 0.25) is 0 Å². The number of aliphatic hydroxyl groups excluding tert-OH is 1. The van der Waals surface area contributed by atoms with Crippen LogP contribution in [0.4, 0.5) is 18.9 Å². The van der Waals surface area contributed by atoms with Crippen molar-refractivity contribution in [1.29, 1.82) is 0 Å². The molecule has 192 valence electrons. The maximum Gasteiger partial charge on any atom is 0.416 e. The summed E-state index contributed by atoms with van der Waals surface area (Å²) in [5.74, 6) is 0.244. The summed E-state index contributed by atoms with van der Waals surface area (Å²) in [4.78, 5) is 19.0. The number of ether oxygens (including phenoxy) is 1. The molecule has 6 nitrogen and oxygen atoms in total. The van der Waals surface area contributed by atoms with E-state index in [1.54, 1.807) is 17.0 Å². The molecule has 1 amide bonds. The molecule has 1 aliphatic heterocycles. The standard InChI is InChI=1S/C26H34F3N3O3/c1-17-13-32(18(2)16-33)25(34)22-12-21(30(3)4)10-11-23(22)35-24(17)15-31(5)14-19-6-8-20(9-7-19)26(27,28)29/h6-12,17-18,24,33H,13-16H2,1-5H3/t17-,18-,24+/m0/s1. The summed E-state index contributed by atoms with van der Waals surface area (Å²) in [7, 11) is 5.68. The predicted octanol–water partition coefficient (Wildman–Crippen LogP) is 4.12. The highest BCUT2D eigenvalue weighted by molar-refractivity contribution is 5.98. The predicted molar refractivity (Wildman–Crippen MR) is 130 cm³/mol. The van der Waals surface area contributed by atoms with Crippen molar-refractivity contribution in [1.82, 2.24) is 9.80 Å². The number of carbonyl (C=O) groups excluding carboxylic acids is 1. The number of benzene rings is 2. The van der Waals surface area contributed by atoms with Gasteiger partial charge in [-0.2, -0.15) is 13.2 Å². The van der Waals surface area contributed by atoms with Gasteiger partial charge in [0, 0.05) is 45.3 Å². The molecule has 0 unspecified atom stereocenters. The van der Waals surface area contributed by atoms with Gasteiger partial charge in [-0.25, -0.2) is 0 Å². The van der Waals surface area contributed by atoms with Crippen molar-refractivity contribution >= 4 is 11.6 Å². The number of anilines is 1. The Labute approximate surface area is 204 Å². The van der Waals surface area contributed by atoms with Crippen molar-refractivity contribution in [2.75, 3.05) is 45.7 Å². The molecule has 2 aromatic carbocycles. The van der Waals surface area contributed by atoms with Gasteiger partial charge in [0.05, 0.1) is 23.8 Å².